The highest BCUT2D eigenvalue weighted by atomic mass is 16.2. The van der Waals surface area contributed by atoms with E-state index in [1.54, 1.807) is 12.1 Å². The highest BCUT2D eigenvalue weighted by Gasteiger charge is 2.17. The largest absolute Gasteiger partial charge is 0.349 e. The first kappa shape index (κ1) is 18.2. The van der Waals surface area contributed by atoms with Gasteiger partial charge in [0.25, 0.3) is 5.91 Å². The molecule has 6 nitrogen and oxygen atoms in total. The summed E-state index contributed by atoms with van der Waals surface area (Å²) in [6.45, 7) is 3.32. The maximum atomic E-state index is 12.1. The van der Waals surface area contributed by atoms with Crippen LogP contribution in [0.4, 0.5) is 0 Å². The molecule has 3 N–H and O–H groups in total. The van der Waals surface area contributed by atoms with Gasteiger partial charge in [-0.05, 0) is 24.6 Å². The maximum Gasteiger partial charge on any atom is 0.269 e. The molecular weight excluding hydrogens is 318 g/mol. The van der Waals surface area contributed by atoms with Gasteiger partial charge in [0.2, 0.25) is 11.8 Å². The van der Waals surface area contributed by atoms with Gasteiger partial charge < -0.3 is 5.32 Å². The Morgan fingerprint density at radius 3 is 2.16 bits per heavy atom. The van der Waals surface area contributed by atoms with Gasteiger partial charge in [-0.25, -0.2) is 0 Å². The van der Waals surface area contributed by atoms with E-state index < -0.39 is 17.9 Å². The molecule has 0 aromatic heterocycles. The molecule has 0 heterocycles. The molecule has 0 spiro atoms. The predicted molar refractivity (Wildman–Crippen MR) is 94.4 cm³/mol. The number of carbonyl (C=O) groups excluding carboxylic acids is 3. The van der Waals surface area contributed by atoms with Gasteiger partial charge in [0.15, 0.2) is 0 Å². The van der Waals surface area contributed by atoms with Crippen LogP contribution in [0.3, 0.4) is 0 Å². The Bertz CT molecular complexity index is 742. The SMILES string of the molecule is CC(=O)N[C@H](CC(=O)NNC(=O)c1ccc(C)cc1)c1ccccc1. The topological polar surface area (TPSA) is 87.3 Å². The van der Waals surface area contributed by atoms with E-state index in [1.165, 1.54) is 6.92 Å². The van der Waals surface area contributed by atoms with Gasteiger partial charge in [0, 0.05) is 12.5 Å². The van der Waals surface area contributed by atoms with Crippen molar-refractivity contribution in [3.8, 4) is 0 Å². The van der Waals surface area contributed by atoms with Crippen molar-refractivity contribution in [1.82, 2.24) is 16.2 Å². The number of amides is 3. The summed E-state index contributed by atoms with van der Waals surface area (Å²) in [4.78, 5) is 35.5. The third-order valence-corrected chi connectivity index (χ3v) is 3.60. The lowest BCUT2D eigenvalue weighted by Gasteiger charge is -2.18. The van der Waals surface area contributed by atoms with Crippen molar-refractivity contribution in [2.24, 2.45) is 0 Å². The molecule has 0 bridgehead atoms. The van der Waals surface area contributed by atoms with E-state index in [4.69, 9.17) is 0 Å². The van der Waals surface area contributed by atoms with Gasteiger partial charge in [0.1, 0.15) is 0 Å². The van der Waals surface area contributed by atoms with Crippen LogP contribution in [-0.4, -0.2) is 17.7 Å². The van der Waals surface area contributed by atoms with Gasteiger partial charge in [0.05, 0.1) is 12.5 Å². The fraction of sp³-hybridized carbons (Fsp3) is 0.211. The van der Waals surface area contributed by atoms with E-state index >= 15 is 0 Å². The third-order valence-electron chi connectivity index (χ3n) is 3.60. The quantitative estimate of drug-likeness (QED) is 0.728. The second-order valence-corrected chi connectivity index (χ2v) is 5.74. The molecule has 2 aromatic rings. The van der Waals surface area contributed by atoms with Crippen molar-refractivity contribution in [2.75, 3.05) is 0 Å². The van der Waals surface area contributed by atoms with E-state index in [2.05, 4.69) is 16.2 Å². The Kier molecular flexibility index (Phi) is 6.28. The summed E-state index contributed by atoms with van der Waals surface area (Å²) in [6, 6.07) is 15.7. The average Bonchev–Trinajstić information content (AvgIpc) is 2.60. The lowest BCUT2D eigenvalue weighted by Crippen LogP contribution is -2.43. The Morgan fingerprint density at radius 1 is 0.920 bits per heavy atom. The van der Waals surface area contributed by atoms with Crippen molar-refractivity contribution in [3.63, 3.8) is 0 Å². The van der Waals surface area contributed by atoms with Gasteiger partial charge in [-0.2, -0.15) is 0 Å². The molecular formula is C19H21N3O3. The molecule has 0 radical (unpaired) electrons. The molecule has 0 saturated carbocycles. The minimum Gasteiger partial charge on any atom is -0.349 e. The van der Waals surface area contributed by atoms with Crippen LogP contribution >= 0.6 is 0 Å². The van der Waals surface area contributed by atoms with E-state index in [1.807, 2.05) is 49.4 Å². The normalized spacial score (nSPS) is 11.3. The number of benzene rings is 2. The molecule has 0 aliphatic heterocycles. The van der Waals surface area contributed by atoms with Crippen LogP contribution in [0.5, 0.6) is 0 Å². The molecule has 0 aliphatic rings. The standard InChI is InChI=1S/C19H21N3O3/c1-13-8-10-16(11-9-13)19(25)22-21-18(24)12-17(20-14(2)23)15-6-4-3-5-7-15/h3-11,17H,12H2,1-2H3,(H,20,23)(H,21,24)(H,22,25)/t17-/m1/s1. The number of nitrogens with one attached hydrogen (secondary N) is 3. The number of hydrogen-bond acceptors (Lipinski definition) is 3. The van der Waals surface area contributed by atoms with Crippen molar-refractivity contribution in [3.05, 3.63) is 71.3 Å². The Labute approximate surface area is 146 Å². The second kappa shape index (κ2) is 8.63. The Morgan fingerprint density at radius 2 is 1.56 bits per heavy atom. The van der Waals surface area contributed by atoms with Crippen molar-refractivity contribution in [1.29, 1.82) is 0 Å². The summed E-state index contributed by atoms with van der Waals surface area (Å²) in [5.74, 6) is -1.03. The molecule has 6 heteroatoms. The van der Waals surface area contributed by atoms with Crippen LogP contribution in [0.2, 0.25) is 0 Å². The van der Waals surface area contributed by atoms with Crippen LogP contribution in [0, 0.1) is 6.92 Å². The van der Waals surface area contributed by atoms with Crippen molar-refractivity contribution in [2.45, 2.75) is 26.3 Å². The van der Waals surface area contributed by atoms with Gasteiger partial charge in [-0.1, -0.05) is 48.0 Å². The summed E-state index contributed by atoms with van der Waals surface area (Å²) in [6.07, 6.45) is 0.0117. The minimum atomic E-state index is -0.463. The highest BCUT2D eigenvalue weighted by molar-refractivity contribution is 5.95. The maximum absolute atomic E-state index is 12.1. The molecule has 0 aliphatic carbocycles. The van der Waals surface area contributed by atoms with Crippen molar-refractivity contribution < 1.29 is 14.4 Å². The zero-order chi connectivity index (χ0) is 18.2. The molecule has 25 heavy (non-hydrogen) atoms. The summed E-state index contributed by atoms with van der Waals surface area (Å²) in [5, 5.41) is 2.74. The second-order valence-electron chi connectivity index (χ2n) is 5.74. The summed E-state index contributed by atoms with van der Waals surface area (Å²) in [7, 11) is 0. The molecule has 0 saturated heterocycles. The smallest absolute Gasteiger partial charge is 0.269 e. The highest BCUT2D eigenvalue weighted by Crippen LogP contribution is 2.16. The first-order valence-electron chi connectivity index (χ1n) is 7.93. The fourth-order valence-electron chi connectivity index (χ4n) is 2.32. The third kappa shape index (κ3) is 5.76. The average molecular weight is 339 g/mol. The Hall–Kier alpha value is -3.15. The van der Waals surface area contributed by atoms with E-state index in [9.17, 15) is 14.4 Å². The molecule has 0 fully saturated rings. The van der Waals surface area contributed by atoms with E-state index in [-0.39, 0.29) is 12.3 Å². The van der Waals surface area contributed by atoms with Crippen LogP contribution in [-0.2, 0) is 9.59 Å². The lowest BCUT2D eigenvalue weighted by atomic mass is 10.0. The van der Waals surface area contributed by atoms with Gasteiger partial charge in [-0.3, -0.25) is 25.2 Å². The molecule has 130 valence electrons. The van der Waals surface area contributed by atoms with Crippen LogP contribution in [0.25, 0.3) is 0 Å². The first-order valence-corrected chi connectivity index (χ1v) is 7.93. The molecule has 3 amide bonds. The first-order chi connectivity index (χ1) is 12.0. The number of hydrazine groups is 1. The summed E-state index contributed by atoms with van der Waals surface area (Å²) < 4.78 is 0. The Balaban J connectivity index is 1.93. The molecule has 2 rings (SSSR count). The lowest BCUT2D eigenvalue weighted by molar-refractivity contribution is -0.123. The van der Waals surface area contributed by atoms with Crippen LogP contribution < -0.4 is 16.2 Å². The summed E-state index contributed by atoms with van der Waals surface area (Å²) >= 11 is 0. The molecule has 1 atom stereocenters. The van der Waals surface area contributed by atoms with Crippen molar-refractivity contribution >= 4 is 17.7 Å². The number of aryl methyl sites for hydroxylation is 1. The fourth-order valence-corrected chi connectivity index (χ4v) is 2.32. The zero-order valence-corrected chi connectivity index (χ0v) is 14.2. The number of rotatable bonds is 5. The van der Waals surface area contributed by atoms with E-state index in [0.717, 1.165) is 11.1 Å². The number of carbonyl (C=O) groups is 3. The molecule has 2 aromatic carbocycles. The monoisotopic (exact) mass is 339 g/mol. The zero-order valence-electron chi connectivity index (χ0n) is 14.2. The summed E-state index contributed by atoms with van der Waals surface area (Å²) in [5.41, 5.74) is 7.07. The van der Waals surface area contributed by atoms with Crippen LogP contribution in [0.15, 0.2) is 54.6 Å². The van der Waals surface area contributed by atoms with E-state index in [0.29, 0.717) is 5.56 Å². The molecule has 0 unspecified atom stereocenters. The van der Waals surface area contributed by atoms with Gasteiger partial charge >= 0.3 is 0 Å². The predicted octanol–water partition coefficient (Wildman–Crippen LogP) is 2.02. The minimum absolute atomic E-state index is 0.0117. The van der Waals surface area contributed by atoms with Crippen LogP contribution in [0.1, 0.15) is 40.9 Å². The number of hydrogen-bond donors (Lipinski definition) is 3. The van der Waals surface area contributed by atoms with Gasteiger partial charge in [-0.15, -0.1) is 0 Å².